The van der Waals surface area contributed by atoms with Gasteiger partial charge in [0.2, 0.25) is 0 Å². The highest BCUT2D eigenvalue weighted by Crippen LogP contribution is 2.20. The summed E-state index contributed by atoms with van der Waals surface area (Å²) < 4.78 is 43.8. The maximum atomic E-state index is 13.8. The van der Waals surface area contributed by atoms with Crippen LogP contribution in [0.3, 0.4) is 0 Å². The Morgan fingerprint density at radius 3 is 2.50 bits per heavy atom. The zero-order valence-corrected chi connectivity index (χ0v) is 14.7. The van der Waals surface area contributed by atoms with E-state index in [0.29, 0.717) is 0 Å². The number of hydrogen-bond acceptors (Lipinski definition) is 4. The van der Waals surface area contributed by atoms with Crippen molar-refractivity contribution in [2.75, 3.05) is 5.32 Å². The molecule has 0 aliphatic carbocycles. The Morgan fingerprint density at radius 1 is 1.08 bits per heavy atom. The number of sulfone groups is 1. The Bertz CT molecular complexity index is 1040. The van der Waals surface area contributed by atoms with E-state index >= 15 is 0 Å². The van der Waals surface area contributed by atoms with Crippen LogP contribution in [0.15, 0.2) is 70.0 Å². The number of carbonyl (C=O) groups excluding carboxylic acids is 1. The minimum Gasteiger partial charge on any atom is -0.455 e. The van der Waals surface area contributed by atoms with Crippen LogP contribution in [-0.2, 0) is 15.6 Å². The highest BCUT2D eigenvalue weighted by Gasteiger charge is 2.19. The van der Waals surface area contributed by atoms with Gasteiger partial charge < -0.3 is 9.73 Å². The minimum atomic E-state index is -3.58. The molecule has 1 amide bonds. The summed E-state index contributed by atoms with van der Waals surface area (Å²) in [5.41, 5.74) is 0.752. The first-order chi connectivity index (χ1) is 12.3. The molecule has 0 unspecified atom stereocenters. The van der Waals surface area contributed by atoms with Gasteiger partial charge in [-0.1, -0.05) is 24.3 Å². The number of furan rings is 1. The summed E-state index contributed by atoms with van der Waals surface area (Å²) >= 11 is 0. The normalized spacial score (nSPS) is 11.3. The lowest BCUT2D eigenvalue weighted by atomic mass is 10.2. The van der Waals surface area contributed by atoms with E-state index in [4.69, 9.17) is 4.42 Å². The molecule has 26 heavy (non-hydrogen) atoms. The Labute approximate surface area is 150 Å². The number of anilines is 1. The van der Waals surface area contributed by atoms with Gasteiger partial charge in [-0.2, -0.15) is 0 Å². The van der Waals surface area contributed by atoms with Crippen LogP contribution in [0.5, 0.6) is 0 Å². The molecule has 7 heteroatoms. The number of aryl methyl sites for hydroxylation is 1. The number of halogens is 1. The van der Waals surface area contributed by atoms with Gasteiger partial charge in [0.05, 0.1) is 10.6 Å². The second-order valence-electron chi connectivity index (χ2n) is 5.78. The zero-order valence-electron chi connectivity index (χ0n) is 13.9. The molecule has 2 aromatic carbocycles. The topological polar surface area (TPSA) is 76.4 Å². The number of amides is 1. The van der Waals surface area contributed by atoms with Crippen LogP contribution >= 0.6 is 0 Å². The molecule has 0 spiro atoms. The maximum absolute atomic E-state index is 13.8. The number of rotatable bonds is 5. The van der Waals surface area contributed by atoms with Gasteiger partial charge in [-0.15, -0.1) is 0 Å². The van der Waals surface area contributed by atoms with Crippen molar-refractivity contribution in [3.63, 3.8) is 0 Å². The van der Waals surface area contributed by atoms with Crippen molar-refractivity contribution in [1.29, 1.82) is 0 Å². The smallest absolute Gasteiger partial charge is 0.291 e. The molecule has 0 saturated heterocycles. The zero-order chi connectivity index (χ0) is 18.7. The first-order valence-corrected chi connectivity index (χ1v) is 9.44. The van der Waals surface area contributed by atoms with Crippen LogP contribution in [0.4, 0.5) is 10.1 Å². The van der Waals surface area contributed by atoms with Crippen molar-refractivity contribution >= 4 is 21.4 Å². The van der Waals surface area contributed by atoms with Crippen molar-refractivity contribution in [2.45, 2.75) is 17.6 Å². The SMILES string of the molecule is Cc1ccc(NC(=O)c2ccc(CS(=O)(=O)c3ccccc3)o2)c(F)c1. The lowest BCUT2D eigenvalue weighted by Crippen LogP contribution is -2.12. The van der Waals surface area contributed by atoms with Gasteiger partial charge in [0.1, 0.15) is 17.3 Å². The fourth-order valence-electron chi connectivity index (χ4n) is 2.38. The van der Waals surface area contributed by atoms with Crippen LogP contribution in [-0.4, -0.2) is 14.3 Å². The predicted octanol–water partition coefficient (Wildman–Crippen LogP) is 3.95. The van der Waals surface area contributed by atoms with E-state index in [0.717, 1.165) is 5.56 Å². The van der Waals surface area contributed by atoms with E-state index < -0.39 is 21.6 Å². The Balaban J connectivity index is 1.74. The van der Waals surface area contributed by atoms with Gasteiger partial charge in [-0.25, -0.2) is 12.8 Å². The Kier molecular flexibility index (Phi) is 4.90. The van der Waals surface area contributed by atoms with Crippen LogP contribution < -0.4 is 5.32 Å². The van der Waals surface area contributed by atoms with E-state index in [1.807, 2.05) is 0 Å². The standard InChI is InChI=1S/C19H16FNO4S/c1-13-7-9-17(16(20)11-13)21-19(22)18-10-8-14(25-18)12-26(23,24)15-5-3-2-4-6-15/h2-11H,12H2,1H3,(H,21,22). The number of nitrogens with one attached hydrogen (secondary N) is 1. The minimum absolute atomic E-state index is 0.0236. The summed E-state index contributed by atoms with van der Waals surface area (Å²) in [6, 6.07) is 15.2. The molecule has 1 heterocycles. The maximum Gasteiger partial charge on any atom is 0.291 e. The first-order valence-electron chi connectivity index (χ1n) is 7.79. The van der Waals surface area contributed by atoms with Crippen LogP contribution in [0.1, 0.15) is 21.9 Å². The quantitative estimate of drug-likeness (QED) is 0.735. The molecule has 0 fully saturated rings. The largest absolute Gasteiger partial charge is 0.455 e. The molecule has 0 aliphatic heterocycles. The highest BCUT2D eigenvalue weighted by molar-refractivity contribution is 7.90. The van der Waals surface area contributed by atoms with Crippen LogP contribution in [0.25, 0.3) is 0 Å². The van der Waals surface area contributed by atoms with Crippen LogP contribution in [0, 0.1) is 12.7 Å². The number of hydrogen-bond donors (Lipinski definition) is 1. The van der Waals surface area contributed by atoms with Crippen molar-refractivity contribution in [2.24, 2.45) is 0 Å². The van der Waals surface area contributed by atoms with Crippen molar-refractivity contribution < 1.29 is 22.0 Å². The fraction of sp³-hybridized carbons (Fsp3) is 0.105. The summed E-state index contributed by atoms with van der Waals surface area (Å²) in [4.78, 5) is 12.3. The van der Waals surface area contributed by atoms with Gasteiger partial charge in [0, 0.05) is 0 Å². The molecule has 0 aliphatic rings. The molecule has 134 valence electrons. The Hall–Kier alpha value is -2.93. The Morgan fingerprint density at radius 2 is 1.81 bits per heavy atom. The summed E-state index contributed by atoms with van der Waals surface area (Å²) in [6.45, 7) is 1.74. The summed E-state index contributed by atoms with van der Waals surface area (Å²) in [5, 5.41) is 2.40. The predicted molar refractivity (Wildman–Crippen MR) is 95.1 cm³/mol. The average Bonchev–Trinajstić information content (AvgIpc) is 3.06. The van der Waals surface area contributed by atoms with Crippen molar-refractivity contribution in [3.05, 3.63) is 83.6 Å². The number of carbonyl (C=O) groups is 1. The fourth-order valence-corrected chi connectivity index (χ4v) is 3.65. The highest BCUT2D eigenvalue weighted by atomic mass is 32.2. The molecular formula is C19H16FNO4S. The van der Waals surface area contributed by atoms with Gasteiger partial charge in [0.25, 0.3) is 5.91 Å². The molecule has 3 aromatic rings. The first kappa shape index (κ1) is 17.9. The third kappa shape index (κ3) is 4.00. The third-order valence-electron chi connectivity index (χ3n) is 3.69. The summed E-state index contributed by atoms with van der Waals surface area (Å²) in [6.07, 6.45) is 0. The van der Waals surface area contributed by atoms with Crippen molar-refractivity contribution in [1.82, 2.24) is 0 Å². The summed E-state index contributed by atoms with van der Waals surface area (Å²) in [7, 11) is -3.58. The molecule has 0 saturated carbocycles. The second-order valence-corrected chi connectivity index (χ2v) is 7.77. The molecule has 1 aromatic heterocycles. The van der Waals surface area contributed by atoms with E-state index in [1.165, 1.54) is 36.4 Å². The molecule has 0 bridgehead atoms. The van der Waals surface area contributed by atoms with Crippen molar-refractivity contribution in [3.8, 4) is 0 Å². The molecule has 3 rings (SSSR count). The van der Waals surface area contributed by atoms with E-state index in [1.54, 1.807) is 31.2 Å². The third-order valence-corrected chi connectivity index (χ3v) is 5.35. The average molecular weight is 373 g/mol. The lowest BCUT2D eigenvalue weighted by molar-refractivity contribution is 0.0994. The lowest BCUT2D eigenvalue weighted by Gasteiger charge is -2.05. The monoisotopic (exact) mass is 373 g/mol. The molecule has 5 nitrogen and oxygen atoms in total. The molecular weight excluding hydrogens is 357 g/mol. The van der Waals surface area contributed by atoms with E-state index in [-0.39, 0.29) is 27.9 Å². The van der Waals surface area contributed by atoms with E-state index in [2.05, 4.69) is 5.32 Å². The number of benzene rings is 2. The molecule has 1 N–H and O–H groups in total. The second kappa shape index (κ2) is 7.13. The molecule has 0 radical (unpaired) electrons. The van der Waals surface area contributed by atoms with E-state index in [9.17, 15) is 17.6 Å². The van der Waals surface area contributed by atoms with Gasteiger partial charge in [-0.05, 0) is 48.9 Å². The van der Waals surface area contributed by atoms with Gasteiger partial charge in [0.15, 0.2) is 15.6 Å². The van der Waals surface area contributed by atoms with Gasteiger partial charge in [-0.3, -0.25) is 4.79 Å². The molecule has 0 atom stereocenters. The van der Waals surface area contributed by atoms with Gasteiger partial charge >= 0.3 is 0 Å². The van der Waals surface area contributed by atoms with Crippen LogP contribution in [0.2, 0.25) is 0 Å². The summed E-state index contributed by atoms with van der Waals surface area (Å²) in [5.74, 6) is -1.55.